The number of hydrogen-bond donors (Lipinski definition) is 9. The van der Waals surface area contributed by atoms with Gasteiger partial charge in [0.15, 0.2) is 12.4 Å². The van der Waals surface area contributed by atoms with Gasteiger partial charge >= 0.3 is 0 Å². The summed E-state index contributed by atoms with van der Waals surface area (Å²) in [5.41, 5.74) is 63.1. The van der Waals surface area contributed by atoms with Crippen LogP contribution < -0.4 is 67.0 Å². The van der Waals surface area contributed by atoms with Crippen LogP contribution in [0.5, 0.6) is 0 Å². The molecular weight excluding hydrogens is 1090 g/mol. The van der Waals surface area contributed by atoms with Gasteiger partial charge in [-0.2, -0.15) is 0 Å². The summed E-state index contributed by atoms with van der Waals surface area (Å²) in [6.45, 7) is 18.6. The van der Waals surface area contributed by atoms with Crippen molar-refractivity contribution >= 4 is 39.6 Å². The number of quaternary nitrogens is 1. The van der Waals surface area contributed by atoms with Crippen molar-refractivity contribution in [3.05, 3.63) is 218 Å². The molecule has 89 heavy (non-hydrogen) atoms. The van der Waals surface area contributed by atoms with Crippen LogP contribution in [-0.4, -0.2) is 56.6 Å². The van der Waals surface area contributed by atoms with Gasteiger partial charge in [0.05, 0.1) is 13.1 Å². The van der Waals surface area contributed by atoms with Crippen LogP contribution in [0.15, 0.2) is 158 Å². The molecule has 1 saturated heterocycles. The number of amides is 1. The van der Waals surface area contributed by atoms with Gasteiger partial charge in [-0.15, -0.1) is 0 Å². The van der Waals surface area contributed by atoms with Crippen LogP contribution in [0.2, 0.25) is 0 Å². The van der Waals surface area contributed by atoms with E-state index in [1.807, 2.05) is 29.4 Å². The smallest absolute Gasteiger partial charge is 0.222 e. The molecule has 0 saturated carbocycles. The Labute approximate surface area is 537 Å². The average Bonchev–Trinajstić information content (AvgIpc) is 2.13. The number of nitrogens with one attached hydrogen (secondary N) is 1. The number of fused-ring (bicyclic) bond motifs is 6. The van der Waals surface area contributed by atoms with Crippen molar-refractivity contribution in [2.75, 3.05) is 45.8 Å². The summed E-state index contributed by atoms with van der Waals surface area (Å²) in [5.74, 6) is 0.304. The summed E-state index contributed by atoms with van der Waals surface area (Å²) in [5, 5.41) is 7.77. The van der Waals surface area contributed by atoms with E-state index in [4.69, 9.17) is 45.9 Å². The van der Waals surface area contributed by atoms with Crippen molar-refractivity contribution in [1.29, 1.82) is 0 Å². The molecule has 0 radical (unpaired) electrons. The highest BCUT2D eigenvalue weighted by Gasteiger charge is 2.40. The lowest BCUT2D eigenvalue weighted by Gasteiger charge is -2.28. The van der Waals surface area contributed by atoms with E-state index in [1.54, 1.807) is 0 Å². The second-order valence-electron chi connectivity index (χ2n) is 21.7. The van der Waals surface area contributed by atoms with E-state index in [2.05, 4.69) is 191 Å². The number of nitrogens with two attached hydrogens (primary N) is 8. The Bertz CT molecular complexity index is 3140. The second-order valence-corrected chi connectivity index (χ2v) is 21.7. The quantitative estimate of drug-likeness (QED) is 0.0441. The Balaban J connectivity index is 0.000000524. The third-order valence-corrected chi connectivity index (χ3v) is 15.9. The number of likely N-dealkylation sites (tertiary alicyclic amines) is 1. The third-order valence-electron chi connectivity index (χ3n) is 15.9. The number of benzene rings is 7. The van der Waals surface area contributed by atoms with Gasteiger partial charge in [-0.25, -0.2) is 4.98 Å². The molecule has 0 atom stereocenters. The Morgan fingerprint density at radius 3 is 1.35 bits per heavy atom. The molecule has 0 unspecified atom stereocenters. The van der Waals surface area contributed by atoms with Crippen LogP contribution in [0.25, 0.3) is 44.8 Å². The summed E-state index contributed by atoms with van der Waals surface area (Å²) in [6, 6.07) is 50.6. The van der Waals surface area contributed by atoms with E-state index in [-0.39, 0.29) is 27.7 Å². The summed E-state index contributed by atoms with van der Waals surface area (Å²) < 4.78 is 0. The predicted molar refractivity (Wildman–Crippen MR) is 387 cm³/mol. The summed E-state index contributed by atoms with van der Waals surface area (Å²) in [4.78, 5) is 15.7. The van der Waals surface area contributed by atoms with E-state index < -0.39 is 0 Å². The van der Waals surface area contributed by atoms with Gasteiger partial charge in [0, 0.05) is 69.8 Å². The maximum atomic E-state index is 10.9. The molecule has 1 aromatic heterocycles. The molecule has 1 amide bonds. The largest absolute Gasteiger partial charge is 0.356 e. The number of unbranched alkanes of at least 4 members (excludes halogenated alkanes) is 3. The molecule has 11 rings (SSSR count). The van der Waals surface area contributed by atoms with Crippen molar-refractivity contribution in [3.63, 3.8) is 0 Å². The topological polar surface area (TPSA) is 270 Å². The average molecular weight is 1210 g/mol. The highest BCUT2D eigenvalue weighted by Crippen LogP contribution is 2.47. The van der Waals surface area contributed by atoms with Crippen LogP contribution >= 0.6 is 0 Å². The Hall–Kier alpha value is -6.94. The van der Waals surface area contributed by atoms with Crippen molar-refractivity contribution in [3.8, 4) is 11.1 Å². The lowest BCUT2D eigenvalue weighted by molar-refractivity contribution is -0.378. The van der Waals surface area contributed by atoms with Crippen LogP contribution in [0.3, 0.4) is 0 Å². The second kappa shape index (κ2) is 45.3. The zero-order valence-corrected chi connectivity index (χ0v) is 52.9. The van der Waals surface area contributed by atoms with Crippen LogP contribution in [-0.2, 0) is 49.2 Å². The van der Waals surface area contributed by atoms with Crippen molar-refractivity contribution in [2.24, 2.45) is 45.9 Å². The maximum absolute atomic E-state index is 10.9. The molecule has 3 aliphatic rings. The van der Waals surface area contributed by atoms with E-state index in [1.165, 1.54) is 125 Å². The number of carbonyl (C=O) groups excluding carboxylic acids is 1. The molecule has 7 aromatic carbocycles. The number of carbonyl (C=O) groups is 1. The van der Waals surface area contributed by atoms with E-state index >= 15 is 0 Å². The number of aryl methyl sites for hydroxylation is 3. The molecule has 0 spiro atoms. The number of rotatable bonds is 15. The maximum Gasteiger partial charge on any atom is 0.222 e. The van der Waals surface area contributed by atoms with Crippen molar-refractivity contribution < 1.29 is 15.5 Å². The number of H-pyrrole nitrogens is 1. The fourth-order valence-corrected chi connectivity index (χ4v) is 11.0. The minimum Gasteiger partial charge on any atom is -0.356 e. The lowest BCUT2D eigenvalue weighted by Crippen LogP contribution is -2.55. The highest BCUT2D eigenvalue weighted by atomic mass is 16.2. The highest BCUT2D eigenvalue weighted by molar-refractivity contribution is 5.90. The summed E-state index contributed by atoms with van der Waals surface area (Å²) in [6.07, 6.45) is 20.7. The van der Waals surface area contributed by atoms with Gasteiger partial charge in [0.25, 0.3) is 0 Å². The minimum atomic E-state index is -0.201. The molecule has 2 aliphatic carbocycles. The molecule has 12 nitrogen and oxygen atoms in total. The fourth-order valence-electron chi connectivity index (χ4n) is 11.0. The normalized spacial score (nSPS) is 12.2. The summed E-state index contributed by atoms with van der Waals surface area (Å²) in [7, 11) is 0. The first kappa shape index (κ1) is 80.1. The molecule has 0 bridgehead atoms. The lowest BCUT2D eigenvalue weighted by atomic mass is 9.78. The predicted octanol–water partition coefficient (Wildman–Crippen LogP) is 11.0. The fraction of sp³-hybridized carbons (Fsp3) is 0.403. The van der Waals surface area contributed by atoms with Gasteiger partial charge in [-0.05, 0) is 158 Å². The molecule has 20 N–H and O–H groups in total. The Morgan fingerprint density at radius 2 is 0.978 bits per heavy atom. The number of aromatic amines is 1. The third kappa shape index (κ3) is 23.4. The summed E-state index contributed by atoms with van der Waals surface area (Å²) >= 11 is 0. The molecular formula is C77H119N11O+2. The molecule has 1 fully saturated rings. The Kier molecular flexibility index (Phi) is 40.8. The first-order valence-corrected chi connectivity index (χ1v) is 31.6. The standard InChI is InChI=1S/C16H18N2.C15H16N2.C13H15N.C9H13N.C6H12N2O.C6H7N.C5H13N.C4H11N.3CH4/c17-9-15-11-5-1-2-6-12(11)16(10-18)14-8-4-3-7-13(14)15;16-9-15(10-17)13-7-3-1-5-11(13)12-6-2-4-8-14(12)15;1-2-10-5-3-8-13-11(9-14)6-4-7-12(10)13;1-2-8-3-5-9(7-10)6-4-8;7-3-5-8-4-1-2-6(8)9;1-6-2-4-7-5-3-6;1-2-3-4-5-6;1-2-3-4-5;;;/h1-2,5-8H,3-4,9-10,17-18H2;1-8H,9-10,16-17H2;3-8H,2,9,14H2,1H3;3-6H,2,7,10H2,1H3;1-5,7H2;2-5H,1H3;2-6H2,1H3;2-5H2,1H3;3*1H4/p+2. The van der Waals surface area contributed by atoms with Gasteiger partial charge in [0.2, 0.25) is 5.91 Å². The van der Waals surface area contributed by atoms with Crippen molar-refractivity contribution in [2.45, 2.75) is 159 Å². The van der Waals surface area contributed by atoms with Crippen LogP contribution in [0, 0.1) is 6.92 Å². The first-order chi connectivity index (χ1) is 42.0. The number of aromatic nitrogens is 1. The number of hydrogen-bond acceptors (Lipinski definition) is 9. The molecule has 8 aromatic rings. The van der Waals surface area contributed by atoms with Gasteiger partial charge < -0.3 is 56.5 Å². The van der Waals surface area contributed by atoms with E-state index in [0.29, 0.717) is 45.2 Å². The number of pyridine rings is 1. The zero-order chi connectivity index (χ0) is 62.5. The SMILES string of the molecule is C.C.C.CCCCCN.CCCCN.CCc1ccc(CN)cc1.CCc1cccc2c(CN)cccc12.Cc1cc[nH+]cc1.NCC1(CN)c2ccccc2-c2ccccc21.NCc1c2c(c(CN)c3ccccc13)=CCCC=2.[NH3+]CCN1CCCC1=O. The monoisotopic (exact) mass is 1210 g/mol. The van der Waals surface area contributed by atoms with E-state index in [9.17, 15) is 4.79 Å². The first-order valence-electron chi connectivity index (χ1n) is 31.6. The van der Waals surface area contributed by atoms with Gasteiger partial charge in [-0.1, -0.05) is 215 Å². The van der Waals surface area contributed by atoms with E-state index in [0.717, 1.165) is 71.2 Å². The zero-order valence-electron chi connectivity index (χ0n) is 52.9. The molecule has 12 heteroatoms. The molecule has 1 aliphatic heterocycles. The van der Waals surface area contributed by atoms with Gasteiger partial charge in [-0.3, -0.25) is 4.79 Å². The Morgan fingerprint density at radius 1 is 0.506 bits per heavy atom. The number of nitrogens with zero attached hydrogens (tertiary/aromatic N) is 1. The van der Waals surface area contributed by atoms with Crippen LogP contribution in [0.1, 0.15) is 158 Å². The molecule has 2 heterocycles. The van der Waals surface area contributed by atoms with Crippen molar-refractivity contribution in [1.82, 2.24) is 4.90 Å². The van der Waals surface area contributed by atoms with Gasteiger partial charge in [0.1, 0.15) is 0 Å². The minimum absolute atomic E-state index is 0. The van der Waals surface area contributed by atoms with Crippen LogP contribution in [0.4, 0.5) is 0 Å². The molecule has 486 valence electrons.